The van der Waals surface area contributed by atoms with E-state index in [0.717, 1.165) is 15.6 Å². The van der Waals surface area contributed by atoms with E-state index in [0.29, 0.717) is 29.7 Å². The average molecular weight is 474 g/mol. The van der Waals surface area contributed by atoms with E-state index < -0.39 is 15.9 Å². The first-order valence-corrected chi connectivity index (χ1v) is 12.9. The first-order chi connectivity index (χ1) is 15.1. The molecule has 0 bridgehead atoms. The number of benzene rings is 1. The summed E-state index contributed by atoms with van der Waals surface area (Å²) in [5, 5.41) is 10.4. The van der Waals surface area contributed by atoms with Crippen LogP contribution >= 0.6 is 11.3 Å². The number of hydrogen-bond acceptors (Lipinski definition) is 6. The maximum Gasteiger partial charge on any atom is 0.407 e. The van der Waals surface area contributed by atoms with E-state index in [2.05, 4.69) is 9.88 Å². The van der Waals surface area contributed by atoms with Gasteiger partial charge in [0.2, 0.25) is 0 Å². The molecular weight excluding hydrogens is 446 g/mol. The van der Waals surface area contributed by atoms with Gasteiger partial charge in [0.05, 0.1) is 11.8 Å². The van der Waals surface area contributed by atoms with Crippen molar-refractivity contribution in [2.24, 2.45) is 5.41 Å². The van der Waals surface area contributed by atoms with Gasteiger partial charge < -0.3 is 14.9 Å². The highest BCUT2D eigenvalue weighted by atomic mass is 32.2. The van der Waals surface area contributed by atoms with Gasteiger partial charge >= 0.3 is 6.09 Å². The van der Waals surface area contributed by atoms with E-state index in [1.807, 2.05) is 57.2 Å². The fourth-order valence-corrected chi connectivity index (χ4v) is 6.95. The quantitative estimate of drug-likeness (QED) is 0.601. The molecular formula is C23H27N3O4S2. The molecule has 170 valence electrons. The summed E-state index contributed by atoms with van der Waals surface area (Å²) >= 11 is 1.25. The van der Waals surface area contributed by atoms with Gasteiger partial charge in [-0.1, -0.05) is 51.1 Å². The molecule has 2 aromatic heterocycles. The monoisotopic (exact) mass is 473 g/mol. The van der Waals surface area contributed by atoms with E-state index in [1.54, 1.807) is 12.3 Å². The molecule has 7 nitrogen and oxygen atoms in total. The largest absolute Gasteiger partial charge is 0.465 e. The van der Waals surface area contributed by atoms with Crippen LogP contribution in [0.25, 0.3) is 10.1 Å². The second-order valence-corrected chi connectivity index (χ2v) is 12.5. The summed E-state index contributed by atoms with van der Waals surface area (Å²) in [6, 6.07) is 12.5. The minimum absolute atomic E-state index is 0.0488. The number of thiophene rings is 1. The minimum Gasteiger partial charge on any atom is -0.465 e. The van der Waals surface area contributed by atoms with Crippen molar-refractivity contribution in [3.05, 3.63) is 54.2 Å². The lowest BCUT2D eigenvalue weighted by atomic mass is 9.84. The Morgan fingerprint density at radius 2 is 1.91 bits per heavy atom. The summed E-state index contributed by atoms with van der Waals surface area (Å²) in [6.07, 6.45) is 0.776. The van der Waals surface area contributed by atoms with Crippen LogP contribution in [-0.2, 0) is 15.6 Å². The third kappa shape index (κ3) is 4.45. The Morgan fingerprint density at radius 1 is 1.19 bits per heavy atom. The smallest absolute Gasteiger partial charge is 0.407 e. The molecule has 1 saturated heterocycles. The van der Waals surface area contributed by atoms with Crippen LogP contribution in [0.1, 0.15) is 26.3 Å². The van der Waals surface area contributed by atoms with Gasteiger partial charge in [-0.05, 0) is 23.1 Å². The molecule has 4 rings (SSSR count). The van der Waals surface area contributed by atoms with Gasteiger partial charge in [-0.2, -0.15) is 0 Å². The van der Waals surface area contributed by atoms with E-state index >= 15 is 0 Å². The van der Waals surface area contributed by atoms with E-state index in [4.69, 9.17) is 0 Å². The highest BCUT2D eigenvalue weighted by Gasteiger charge is 2.38. The fourth-order valence-electron chi connectivity index (χ4n) is 4.14. The summed E-state index contributed by atoms with van der Waals surface area (Å²) in [4.78, 5) is 19.9. The maximum atomic E-state index is 13.1. The number of rotatable bonds is 4. The Hall–Kier alpha value is -2.65. The van der Waals surface area contributed by atoms with Crippen molar-refractivity contribution in [2.75, 3.05) is 24.5 Å². The lowest BCUT2D eigenvalue weighted by molar-refractivity contribution is 0.0747. The van der Waals surface area contributed by atoms with Crippen LogP contribution in [0.15, 0.2) is 52.9 Å². The number of sulfone groups is 1. The minimum atomic E-state index is -3.49. The van der Waals surface area contributed by atoms with Crippen molar-refractivity contribution in [3.8, 4) is 0 Å². The van der Waals surface area contributed by atoms with E-state index in [-0.39, 0.29) is 17.2 Å². The molecule has 3 heterocycles. The number of hydrogen-bond donors (Lipinski definition) is 1. The molecule has 0 saturated carbocycles. The van der Waals surface area contributed by atoms with Crippen LogP contribution in [0.2, 0.25) is 0 Å². The molecule has 1 N–H and O–H groups in total. The van der Waals surface area contributed by atoms with Crippen molar-refractivity contribution < 1.29 is 18.3 Å². The van der Waals surface area contributed by atoms with Crippen LogP contribution < -0.4 is 4.90 Å². The molecule has 1 aromatic carbocycles. The van der Waals surface area contributed by atoms with Gasteiger partial charge in [-0.15, -0.1) is 11.3 Å². The Morgan fingerprint density at radius 3 is 2.56 bits per heavy atom. The Kier molecular flexibility index (Phi) is 5.89. The third-order valence-corrected chi connectivity index (χ3v) is 9.18. The van der Waals surface area contributed by atoms with Crippen LogP contribution in [0, 0.1) is 5.41 Å². The maximum absolute atomic E-state index is 13.1. The van der Waals surface area contributed by atoms with Gasteiger partial charge in [0, 0.05) is 35.9 Å². The SMILES string of the molecule is CC(C)(C)C1CN(c2nccc3sc(S(=O)(=O)Cc4ccccc4)cc23)CCN1C(=O)O. The molecule has 1 aliphatic rings. The third-order valence-electron chi connectivity index (χ3n) is 5.83. The fraction of sp³-hybridized carbons (Fsp3) is 0.391. The Labute approximate surface area is 192 Å². The predicted octanol–water partition coefficient (Wildman–Crippen LogP) is 4.48. The molecule has 0 radical (unpaired) electrons. The van der Waals surface area contributed by atoms with Crippen LogP contribution in [0.4, 0.5) is 10.6 Å². The summed E-state index contributed by atoms with van der Waals surface area (Å²) in [5.74, 6) is 0.659. The van der Waals surface area contributed by atoms with Crippen LogP contribution in [0.5, 0.6) is 0 Å². The molecule has 1 amide bonds. The first-order valence-electron chi connectivity index (χ1n) is 10.5. The molecule has 32 heavy (non-hydrogen) atoms. The molecule has 1 aliphatic heterocycles. The van der Waals surface area contributed by atoms with Crippen molar-refractivity contribution in [2.45, 2.75) is 36.8 Å². The highest BCUT2D eigenvalue weighted by Crippen LogP contribution is 2.37. The standard InChI is InChI=1S/C23H27N3O4S2/c1-23(2,3)19-14-25(11-12-26(19)22(27)28)21-17-13-20(31-18(17)9-10-24-21)32(29,30)15-16-7-5-4-6-8-16/h4-10,13,19H,11-12,14-15H2,1-3H3,(H,27,28). The van der Waals surface area contributed by atoms with Crippen molar-refractivity contribution in [1.29, 1.82) is 0 Å². The van der Waals surface area contributed by atoms with Gasteiger partial charge in [0.25, 0.3) is 0 Å². The number of pyridine rings is 1. The van der Waals surface area contributed by atoms with Crippen molar-refractivity contribution >= 4 is 43.2 Å². The Bertz CT molecular complexity index is 1230. The highest BCUT2D eigenvalue weighted by molar-refractivity contribution is 7.92. The lowest BCUT2D eigenvalue weighted by Gasteiger charge is -2.46. The van der Waals surface area contributed by atoms with Crippen molar-refractivity contribution in [1.82, 2.24) is 9.88 Å². The Balaban J connectivity index is 1.68. The van der Waals surface area contributed by atoms with E-state index in [1.165, 1.54) is 16.2 Å². The van der Waals surface area contributed by atoms with Crippen LogP contribution in [-0.4, -0.2) is 55.2 Å². The number of carboxylic acid groups (broad SMARTS) is 1. The molecule has 0 spiro atoms. The first kappa shape index (κ1) is 22.5. The summed E-state index contributed by atoms with van der Waals surface area (Å²) in [6.45, 7) is 7.48. The van der Waals surface area contributed by atoms with Gasteiger partial charge in [0.1, 0.15) is 10.0 Å². The number of carbonyl (C=O) groups is 1. The number of anilines is 1. The van der Waals surface area contributed by atoms with Gasteiger partial charge in [-0.25, -0.2) is 18.2 Å². The molecule has 9 heteroatoms. The zero-order valence-electron chi connectivity index (χ0n) is 18.4. The van der Waals surface area contributed by atoms with E-state index in [9.17, 15) is 18.3 Å². The summed E-state index contributed by atoms with van der Waals surface area (Å²) in [7, 11) is -3.49. The number of nitrogens with zero attached hydrogens (tertiary/aromatic N) is 3. The molecule has 1 atom stereocenters. The second kappa shape index (κ2) is 8.37. The van der Waals surface area contributed by atoms with Crippen molar-refractivity contribution in [3.63, 3.8) is 0 Å². The summed E-state index contributed by atoms with van der Waals surface area (Å²) in [5.41, 5.74) is 0.505. The second-order valence-electron chi connectivity index (χ2n) is 9.16. The zero-order valence-corrected chi connectivity index (χ0v) is 20.0. The number of fused-ring (bicyclic) bond motifs is 1. The number of piperazine rings is 1. The van der Waals surface area contributed by atoms with Gasteiger partial charge in [0.15, 0.2) is 9.84 Å². The number of amides is 1. The molecule has 0 aliphatic carbocycles. The summed E-state index contributed by atoms with van der Waals surface area (Å²) < 4.78 is 27.3. The van der Waals surface area contributed by atoms with Gasteiger partial charge in [-0.3, -0.25) is 0 Å². The lowest BCUT2D eigenvalue weighted by Crippen LogP contribution is -2.59. The molecule has 1 unspecified atom stereocenters. The zero-order chi connectivity index (χ0) is 23.1. The molecule has 3 aromatic rings. The van der Waals surface area contributed by atoms with Crippen LogP contribution in [0.3, 0.4) is 0 Å². The normalized spacial score (nSPS) is 17.7. The number of aromatic nitrogens is 1. The average Bonchev–Trinajstić information content (AvgIpc) is 3.18. The predicted molar refractivity (Wildman–Crippen MR) is 127 cm³/mol. The molecule has 1 fully saturated rings. The topological polar surface area (TPSA) is 90.8 Å².